The second-order valence-electron chi connectivity index (χ2n) is 3.17. The van der Waals surface area contributed by atoms with E-state index < -0.39 is 0 Å². The molecular weight excluding hydrogens is 208 g/mol. The summed E-state index contributed by atoms with van der Waals surface area (Å²) in [5, 5.41) is 3.70. The zero-order valence-corrected chi connectivity index (χ0v) is 9.12. The monoisotopic (exact) mass is 218 g/mol. The van der Waals surface area contributed by atoms with Crippen molar-refractivity contribution in [1.82, 2.24) is 4.98 Å². The lowest BCUT2D eigenvalue weighted by Crippen LogP contribution is -1.95. The first-order chi connectivity index (χ1) is 7.31. The maximum absolute atomic E-state index is 5.93. The normalized spacial score (nSPS) is 10.0. The van der Waals surface area contributed by atoms with Crippen LogP contribution in [-0.4, -0.2) is 12.0 Å². The summed E-state index contributed by atoms with van der Waals surface area (Å²) in [5.41, 5.74) is 2.13. The predicted octanol–water partition coefficient (Wildman–Crippen LogP) is 3.44. The lowest BCUT2D eigenvalue weighted by molar-refractivity contribution is 1.29. The van der Waals surface area contributed by atoms with Crippen molar-refractivity contribution in [1.29, 1.82) is 0 Å². The topological polar surface area (TPSA) is 24.9 Å². The van der Waals surface area contributed by atoms with Gasteiger partial charge in [-0.25, -0.2) is 4.98 Å². The molecule has 0 amide bonds. The molecule has 0 saturated carbocycles. The Kier molecular flexibility index (Phi) is 2.88. The number of hydrogen-bond donors (Lipinski definition) is 1. The summed E-state index contributed by atoms with van der Waals surface area (Å²) < 4.78 is 0. The van der Waals surface area contributed by atoms with Gasteiger partial charge in [-0.1, -0.05) is 41.9 Å². The van der Waals surface area contributed by atoms with Gasteiger partial charge in [-0.3, -0.25) is 0 Å². The molecule has 2 rings (SSSR count). The zero-order valence-electron chi connectivity index (χ0n) is 8.37. The highest BCUT2D eigenvalue weighted by atomic mass is 35.5. The van der Waals surface area contributed by atoms with E-state index in [0.29, 0.717) is 5.02 Å². The number of rotatable bonds is 2. The Morgan fingerprint density at radius 2 is 1.93 bits per heavy atom. The largest absolute Gasteiger partial charge is 0.373 e. The standard InChI is InChI=1S/C12H11ClN2/c1-14-12-11(7-10(13)8-15-12)9-5-3-2-4-6-9/h2-8H,1H3,(H,14,15). The van der Waals surface area contributed by atoms with E-state index in [1.54, 1.807) is 6.20 Å². The summed E-state index contributed by atoms with van der Waals surface area (Å²) in [7, 11) is 1.85. The Balaban J connectivity index is 2.56. The average Bonchev–Trinajstić information content (AvgIpc) is 2.30. The van der Waals surface area contributed by atoms with Crippen LogP contribution >= 0.6 is 11.6 Å². The first-order valence-corrected chi connectivity index (χ1v) is 5.08. The van der Waals surface area contributed by atoms with Gasteiger partial charge in [0.1, 0.15) is 5.82 Å². The van der Waals surface area contributed by atoms with E-state index in [9.17, 15) is 0 Å². The van der Waals surface area contributed by atoms with Crippen LogP contribution in [-0.2, 0) is 0 Å². The fraction of sp³-hybridized carbons (Fsp3) is 0.0833. The summed E-state index contributed by atoms with van der Waals surface area (Å²) in [6.07, 6.45) is 1.64. The maximum atomic E-state index is 5.93. The van der Waals surface area contributed by atoms with Crippen LogP contribution in [0, 0.1) is 0 Å². The van der Waals surface area contributed by atoms with Gasteiger partial charge < -0.3 is 5.32 Å². The maximum Gasteiger partial charge on any atom is 0.133 e. The Morgan fingerprint density at radius 3 is 2.60 bits per heavy atom. The molecule has 3 heteroatoms. The lowest BCUT2D eigenvalue weighted by atomic mass is 10.1. The first-order valence-electron chi connectivity index (χ1n) is 4.70. The van der Waals surface area contributed by atoms with E-state index in [2.05, 4.69) is 10.3 Å². The molecule has 0 atom stereocenters. The van der Waals surface area contributed by atoms with Gasteiger partial charge in [0.15, 0.2) is 0 Å². The molecule has 0 aliphatic rings. The average molecular weight is 219 g/mol. The molecule has 1 aromatic carbocycles. The van der Waals surface area contributed by atoms with Crippen LogP contribution in [0.25, 0.3) is 11.1 Å². The van der Waals surface area contributed by atoms with Crippen molar-refractivity contribution in [3.8, 4) is 11.1 Å². The van der Waals surface area contributed by atoms with Gasteiger partial charge in [0.05, 0.1) is 5.02 Å². The Labute approximate surface area is 93.9 Å². The fourth-order valence-electron chi connectivity index (χ4n) is 1.48. The molecule has 0 saturated heterocycles. The summed E-state index contributed by atoms with van der Waals surface area (Å²) in [6.45, 7) is 0. The molecule has 1 aromatic heterocycles. The van der Waals surface area contributed by atoms with E-state index in [0.717, 1.165) is 16.9 Å². The number of halogens is 1. The number of nitrogens with one attached hydrogen (secondary N) is 1. The minimum absolute atomic E-state index is 0.646. The van der Waals surface area contributed by atoms with Crippen LogP contribution in [0.5, 0.6) is 0 Å². The number of nitrogens with zero attached hydrogens (tertiary/aromatic N) is 1. The van der Waals surface area contributed by atoms with Crippen LogP contribution < -0.4 is 5.32 Å². The molecule has 76 valence electrons. The molecule has 2 nitrogen and oxygen atoms in total. The number of hydrogen-bond acceptors (Lipinski definition) is 2. The molecule has 0 spiro atoms. The van der Waals surface area contributed by atoms with Gasteiger partial charge in [0.2, 0.25) is 0 Å². The van der Waals surface area contributed by atoms with Crippen LogP contribution in [0.1, 0.15) is 0 Å². The van der Waals surface area contributed by atoms with Crippen molar-refractivity contribution in [2.24, 2.45) is 0 Å². The van der Waals surface area contributed by atoms with E-state index in [-0.39, 0.29) is 0 Å². The minimum Gasteiger partial charge on any atom is -0.373 e. The molecule has 0 fully saturated rings. The zero-order chi connectivity index (χ0) is 10.7. The molecule has 0 aliphatic heterocycles. The highest BCUT2D eigenvalue weighted by Gasteiger charge is 2.05. The Hall–Kier alpha value is -1.54. The molecule has 0 bridgehead atoms. The number of aromatic nitrogens is 1. The fourth-order valence-corrected chi connectivity index (χ4v) is 1.63. The molecule has 2 aromatic rings. The SMILES string of the molecule is CNc1ncc(Cl)cc1-c1ccccc1. The highest BCUT2D eigenvalue weighted by molar-refractivity contribution is 6.30. The van der Waals surface area contributed by atoms with Gasteiger partial charge in [0.25, 0.3) is 0 Å². The molecule has 0 radical (unpaired) electrons. The second kappa shape index (κ2) is 4.32. The van der Waals surface area contributed by atoms with Crippen molar-refractivity contribution < 1.29 is 0 Å². The van der Waals surface area contributed by atoms with Crippen LogP contribution in [0.3, 0.4) is 0 Å². The second-order valence-corrected chi connectivity index (χ2v) is 3.60. The van der Waals surface area contributed by atoms with Gasteiger partial charge >= 0.3 is 0 Å². The third kappa shape index (κ3) is 2.10. The first kappa shape index (κ1) is 9.99. The number of anilines is 1. The summed E-state index contributed by atoms with van der Waals surface area (Å²) in [5.74, 6) is 0.839. The molecule has 0 unspecified atom stereocenters. The van der Waals surface area contributed by atoms with Crippen molar-refractivity contribution in [3.05, 3.63) is 47.6 Å². The van der Waals surface area contributed by atoms with Crippen LogP contribution in [0.15, 0.2) is 42.6 Å². The van der Waals surface area contributed by atoms with Gasteiger partial charge in [-0.15, -0.1) is 0 Å². The minimum atomic E-state index is 0.646. The highest BCUT2D eigenvalue weighted by Crippen LogP contribution is 2.28. The van der Waals surface area contributed by atoms with E-state index in [1.165, 1.54) is 0 Å². The molecule has 1 N–H and O–H groups in total. The van der Waals surface area contributed by atoms with Crippen molar-refractivity contribution in [3.63, 3.8) is 0 Å². The summed E-state index contributed by atoms with van der Waals surface area (Å²) >= 11 is 5.93. The third-order valence-corrected chi connectivity index (χ3v) is 2.38. The molecule has 0 aliphatic carbocycles. The van der Waals surface area contributed by atoms with Crippen molar-refractivity contribution >= 4 is 17.4 Å². The van der Waals surface area contributed by atoms with Crippen molar-refractivity contribution in [2.45, 2.75) is 0 Å². The molecule has 15 heavy (non-hydrogen) atoms. The van der Waals surface area contributed by atoms with E-state index >= 15 is 0 Å². The summed E-state index contributed by atoms with van der Waals surface area (Å²) in [6, 6.07) is 12.0. The van der Waals surface area contributed by atoms with Gasteiger partial charge in [0, 0.05) is 18.8 Å². The van der Waals surface area contributed by atoms with Crippen LogP contribution in [0.4, 0.5) is 5.82 Å². The Morgan fingerprint density at radius 1 is 1.20 bits per heavy atom. The van der Waals surface area contributed by atoms with Crippen molar-refractivity contribution in [2.75, 3.05) is 12.4 Å². The van der Waals surface area contributed by atoms with Crippen LogP contribution in [0.2, 0.25) is 5.02 Å². The third-order valence-electron chi connectivity index (χ3n) is 2.18. The number of pyridine rings is 1. The number of benzene rings is 1. The Bertz CT molecular complexity index is 454. The molecular formula is C12H11ClN2. The van der Waals surface area contributed by atoms with Gasteiger partial charge in [-0.05, 0) is 11.6 Å². The molecule has 1 heterocycles. The smallest absolute Gasteiger partial charge is 0.133 e. The quantitative estimate of drug-likeness (QED) is 0.835. The lowest BCUT2D eigenvalue weighted by Gasteiger charge is -2.08. The summed E-state index contributed by atoms with van der Waals surface area (Å²) in [4.78, 5) is 4.23. The van der Waals surface area contributed by atoms with Gasteiger partial charge in [-0.2, -0.15) is 0 Å². The van der Waals surface area contributed by atoms with E-state index in [1.807, 2.05) is 43.4 Å². The predicted molar refractivity (Wildman–Crippen MR) is 64.2 cm³/mol. The van der Waals surface area contributed by atoms with E-state index in [4.69, 9.17) is 11.6 Å².